The van der Waals surface area contributed by atoms with Crippen LogP contribution in [0.2, 0.25) is 0 Å². The number of nitrogens with one attached hydrogen (secondary N) is 1. The molecule has 2 aromatic rings. The Morgan fingerprint density at radius 2 is 1.89 bits per heavy atom. The average Bonchev–Trinajstić information content (AvgIpc) is 2.68. The van der Waals surface area contributed by atoms with Crippen molar-refractivity contribution in [1.82, 2.24) is 9.97 Å². The van der Waals surface area contributed by atoms with Gasteiger partial charge >= 0.3 is 0 Å². The molecule has 0 saturated carbocycles. The van der Waals surface area contributed by atoms with Gasteiger partial charge in [-0.25, -0.2) is 4.98 Å². The number of nitrogens with zero attached hydrogens (tertiary/aromatic N) is 1. The van der Waals surface area contributed by atoms with Gasteiger partial charge in [-0.15, -0.1) is 0 Å². The summed E-state index contributed by atoms with van der Waals surface area (Å²) in [5.41, 5.74) is 9.17. The van der Waals surface area contributed by atoms with Crippen molar-refractivity contribution in [1.29, 1.82) is 0 Å². The minimum atomic E-state index is -0.145. The van der Waals surface area contributed by atoms with Crippen LogP contribution < -0.4 is 5.73 Å². The molecule has 96 valence electrons. The molecule has 3 heteroatoms. The second kappa shape index (κ2) is 4.94. The van der Waals surface area contributed by atoms with Crippen LogP contribution in [0.25, 0.3) is 11.3 Å². The zero-order chi connectivity index (χ0) is 13.2. The Hall–Kier alpha value is -1.61. The maximum absolute atomic E-state index is 6.00. The van der Waals surface area contributed by atoms with Crippen LogP contribution in [0, 0.1) is 6.92 Å². The van der Waals surface area contributed by atoms with Crippen molar-refractivity contribution in [3.05, 3.63) is 41.9 Å². The summed E-state index contributed by atoms with van der Waals surface area (Å²) in [5, 5.41) is 0. The van der Waals surface area contributed by atoms with Gasteiger partial charge in [0.05, 0.1) is 5.69 Å². The predicted octanol–water partition coefficient (Wildman–Crippen LogP) is 3.06. The molecule has 0 aliphatic carbocycles. The number of hydrogen-bond acceptors (Lipinski definition) is 2. The summed E-state index contributed by atoms with van der Waals surface area (Å²) < 4.78 is 0. The molecule has 0 amide bonds. The first-order valence-electron chi connectivity index (χ1n) is 6.35. The average molecular weight is 243 g/mol. The first-order valence-corrected chi connectivity index (χ1v) is 6.35. The smallest absolute Gasteiger partial charge is 0.107 e. The summed E-state index contributed by atoms with van der Waals surface area (Å²) in [7, 11) is 0. The van der Waals surface area contributed by atoms with Gasteiger partial charge in [0.1, 0.15) is 5.82 Å². The molecule has 2 rings (SSSR count). The van der Waals surface area contributed by atoms with E-state index < -0.39 is 0 Å². The highest BCUT2D eigenvalue weighted by Gasteiger charge is 2.13. The number of aryl methyl sites for hydroxylation is 2. The highest BCUT2D eigenvalue weighted by atomic mass is 14.9. The number of H-pyrrole nitrogens is 1. The third-order valence-corrected chi connectivity index (χ3v) is 2.99. The Bertz CT molecular complexity index is 506. The van der Waals surface area contributed by atoms with Gasteiger partial charge in [-0.3, -0.25) is 0 Å². The van der Waals surface area contributed by atoms with Crippen LogP contribution in [0.4, 0.5) is 0 Å². The third-order valence-electron chi connectivity index (χ3n) is 2.99. The molecule has 0 bridgehead atoms. The Labute approximate surface area is 108 Å². The Kier molecular flexibility index (Phi) is 3.53. The zero-order valence-electron chi connectivity index (χ0n) is 11.3. The van der Waals surface area contributed by atoms with Crippen LogP contribution in [0.5, 0.6) is 0 Å². The maximum atomic E-state index is 6.00. The van der Waals surface area contributed by atoms with Crippen molar-refractivity contribution in [3.63, 3.8) is 0 Å². The predicted molar refractivity (Wildman–Crippen MR) is 75.3 cm³/mol. The summed E-state index contributed by atoms with van der Waals surface area (Å²) in [6.07, 6.45) is 1.81. The van der Waals surface area contributed by atoms with E-state index in [1.165, 1.54) is 0 Å². The fourth-order valence-corrected chi connectivity index (χ4v) is 1.96. The normalized spacial score (nSPS) is 11.8. The van der Waals surface area contributed by atoms with Crippen molar-refractivity contribution in [3.8, 4) is 11.3 Å². The summed E-state index contributed by atoms with van der Waals surface area (Å²) in [6.45, 7) is 6.15. The van der Waals surface area contributed by atoms with Crippen LogP contribution in [0.3, 0.4) is 0 Å². The fourth-order valence-electron chi connectivity index (χ4n) is 1.96. The van der Waals surface area contributed by atoms with Gasteiger partial charge in [0.15, 0.2) is 0 Å². The molecule has 0 unspecified atom stereocenters. The van der Waals surface area contributed by atoms with Crippen molar-refractivity contribution in [2.24, 2.45) is 5.73 Å². The standard InChI is InChI=1S/C15H21N3/c1-11-14(12-7-5-4-6-8-12)18-13(17-11)9-10-15(2,3)16/h4-8H,9-10,16H2,1-3H3,(H,17,18). The van der Waals surface area contributed by atoms with Crippen LogP contribution in [0.15, 0.2) is 30.3 Å². The minimum Gasteiger partial charge on any atom is -0.346 e. The third kappa shape index (κ3) is 3.20. The molecule has 1 aromatic heterocycles. The minimum absolute atomic E-state index is 0.145. The van der Waals surface area contributed by atoms with Gasteiger partial charge in [0, 0.05) is 23.2 Å². The highest BCUT2D eigenvalue weighted by Crippen LogP contribution is 2.21. The van der Waals surface area contributed by atoms with Crippen molar-refractivity contribution >= 4 is 0 Å². The Morgan fingerprint density at radius 3 is 2.50 bits per heavy atom. The van der Waals surface area contributed by atoms with E-state index in [2.05, 4.69) is 29.0 Å². The van der Waals surface area contributed by atoms with Crippen LogP contribution >= 0.6 is 0 Å². The molecule has 0 spiro atoms. The lowest BCUT2D eigenvalue weighted by Crippen LogP contribution is -2.32. The molecule has 0 radical (unpaired) electrons. The quantitative estimate of drug-likeness (QED) is 0.867. The molecule has 1 aromatic carbocycles. The Morgan fingerprint density at radius 1 is 1.22 bits per heavy atom. The van der Waals surface area contributed by atoms with E-state index in [1.807, 2.05) is 32.0 Å². The second-order valence-electron chi connectivity index (χ2n) is 5.51. The molecule has 1 heterocycles. The zero-order valence-corrected chi connectivity index (χ0v) is 11.3. The van der Waals surface area contributed by atoms with E-state index in [1.54, 1.807) is 0 Å². The molecule has 0 aliphatic rings. The van der Waals surface area contributed by atoms with E-state index in [0.717, 1.165) is 35.6 Å². The molecule has 0 atom stereocenters. The lowest BCUT2D eigenvalue weighted by atomic mass is 10.0. The van der Waals surface area contributed by atoms with Crippen LogP contribution in [-0.2, 0) is 6.42 Å². The summed E-state index contributed by atoms with van der Waals surface area (Å²) >= 11 is 0. The van der Waals surface area contributed by atoms with Gasteiger partial charge in [0.25, 0.3) is 0 Å². The van der Waals surface area contributed by atoms with Crippen molar-refractivity contribution in [2.45, 2.75) is 39.2 Å². The van der Waals surface area contributed by atoms with Gasteiger partial charge in [-0.1, -0.05) is 30.3 Å². The maximum Gasteiger partial charge on any atom is 0.107 e. The topological polar surface area (TPSA) is 54.7 Å². The number of imidazole rings is 1. The number of benzene rings is 1. The molecule has 3 nitrogen and oxygen atoms in total. The van der Waals surface area contributed by atoms with E-state index in [0.29, 0.717) is 0 Å². The molecular weight excluding hydrogens is 222 g/mol. The Balaban J connectivity index is 2.18. The largest absolute Gasteiger partial charge is 0.346 e. The number of aromatic nitrogens is 2. The number of nitrogens with two attached hydrogens (primary N) is 1. The highest BCUT2D eigenvalue weighted by molar-refractivity contribution is 5.61. The van der Waals surface area contributed by atoms with Crippen LogP contribution in [0.1, 0.15) is 31.8 Å². The van der Waals surface area contributed by atoms with Crippen molar-refractivity contribution in [2.75, 3.05) is 0 Å². The fraction of sp³-hybridized carbons (Fsp3) is 0.400. The molecular formula is C15H21N3. The van der Waals surface area contributed by atoms with E-state index in [-0.39, 0.29) is 5.54 Å². The monoisotopic (exact) mass is 243 g/mol. The van der Waals surface area contributed by atoms with Gasteiger partial charge in [-0.05, 0) is 27.2 Å². The van der Waals surface area contributed by atoms with Gasteiger partial charge in [0.2, 0.25) is 0 Å². The van der Waals surface area contributed by atoms with Gasteiger partial charge in [-0.2, -0.15) is 0 Å². The first-order chi connectivity index (χ1) is 8.46. The molecule has 0 fully saturated rings. The molecule has 0 saturated heterocycles. The lowest BCUT2D eigenvalue weighted by Gasteiger charge is -2.16. The van der Waals surface area contributed by atoms with E-state index >= 15 is 0 Å². The van der Waals surface area contributed by atoms with E-state index in [9.17, 15) is 0 Å². The molecule has 3 N–H and O–H groups in total. The van der Waals surface area contributed by atoms with Crippen LogP contribution in [-0.4, -0.2) is 15.5 Å². The summed E-state index contributed by atoms with van der Waals surface area (Å²) in [4.78, 5) is 8.02. The molecule has 0 aliphatic heterocycles. The summed E-state index contributed by atoms with van der Waals surface area (Å²) in [6, 6.07) is 10.3. The SMILES string of the molecule is Cc1[nH]c(CCC(C)(C)N)nc1-c1ccccc1. The number of rotatable bonds is 4. The first kappa shape index (κ1) is 12.8. The number of hydrogen-bond donors (Lipinski definition) is 2. The second-order valence-corrected chi connectivity index (χ2v) is 5.51. The van der Waals surface area contributed by atoms with E-state index in [4.69, 9.17) is 5.73 Å². The number of aromatic amines is 1. The van der Waals surface area contributed by atoms with Gasteiger partial charge < -0.3 is 10.7 Å². The summed E-state index contributed by atoms with van der Waals surface area (Å²) in [5.74, 6) is 1.02. The van der Waals surface area contributed by atoms with Crippen molar-refractivity contribution < 1.29 is 0 Å². The molecule has 18 heavy (non-hydrogen) atoms. The lowest BCUT2D eigenvalue weighted by molar-refractivity contribution is 0.472.